The molecule has 4 heteroatoms. The average Bonchev–Trinajstić information content (AvgIpc) is 3.26. The molecule has 0 aromatic heterocycles. The van der Waals surface area contributed by atoms with Crippen molar-refractivity contribution >= 4 is 17.5 Å². The van der Waals surface area contributed by atoms with Crippen LogP contribution in [0.2, 0.25) is 0 Å². The number of carboxylic acid groups (broad SMARTS) is 1. The summed E-state index contributed by atoms with van der Waals surface area (Å²) in [5, 5.41) is 9.93. The van der Waals surface area contributed by atoms with E-state index in [1.165, 1.54) is 0 Å². The molecule has 0 unspecified atom stereocenters. The van der Waals surface area contributed by atoms with Crippen molar-refractivity contribution in [2.24, 2.45) is 23.7 Å². The van der Waals surface area contributed by atoms with E-state index in [0.717, 1.165) is 35.1 Å². The van der Waals surface area contributed by atoms with E-state index in [9.17, 15) is 14.7 Å². The fraction of sp³-hybridized carbons (Fsp3) is 0.333. The summed E-state index contributed by atoms with van der Waals surface area (Å²) in [6.45, 7) is 2.03. The van der Waals surface area contributed by atoms with Crippen LogP contribution in [0.25, 0.3) is 5.57 Å². The van der Waals surface area contributed by atoms with Crippen molar-refractivity contribution in [3.05, 3.63) is 77.4 Å². The van der Waals surface area contributed by atoms with Gasteiger partial charge in [0.25, 0.3) is 0 Å². The lowest BCUT2D eigenvalue weighted by atomic mass is 9.79. The van der Waals surface area contributed by atoms with Crippen LogP contribution in [0.15, 0.2) is 66.2 Å². The molecule has 2 aromatic carbocycles. The topological polar surface area (TPSA) is 63.6 Å². The number of rotatable bonds is 5. The summed E-state index contributed by atoms with van der Waals surface area (Å²) < 4.78 is 5.27. The van der Waals surface area contributed by atoms with Crippen LogP contribution in [0.4, 0.5) is 0 Å². The molecule has 28 heavy (non-hydrogen) atoms. The highest BCUT2D eigenvalue weighted by Crippen LogP contribution is 2.59. The van der Waals surface area contributed by atoms with Crippen LogP contribution in [0, 0.1) is 23.7 Å². The lowest BCUT2D eigenvalue weighted by molar-refractivity contribution is -0.159. The summed E-state index contributed by atoms with van der Waals surface area (Å²) in [5.74, 6) is -2.81. The van der Waals surface area contributed by atoms with Crippen molar-refractivity contribution in [3.63, 3.8) is 0 Å². The van der Waals surface area contributed by atoms with Gasteiger partial charge in [-0.25, -0.2) is 0 Å². The van der Waals surface area contributed by atoms with Crippen LogP contribution in [0.3, 0.4) is 0 Å². The second kappa shape index (κ2) is 7.63. The molecule has 0 saturated heterocycles. The van der Waals surface area contributed by atoms with Crippen molar-refractivity contribution in [2.45, 2.75) is 19.8 Å². The SMILES string of the molecule is CCOC(=O)[C@H]1[C@@H](C(=O)O)[C@@H]2CC[C@H]1C2=C(c1ccccc1)c1ccccc1. The van der Waals surface area contributed by atoms with Gasteiger partial charge in [-0.3, -0.25) is 9.59 Å². The normalized spacial score (nSPS) is 25.5. The summed E-state index contributed by atoms with van der Waals surface area (Å²) in [5.41, 5.74) is 4.32. The number of carboxylic acids is 1. The van der Waals surface area contributed by atoms with E-state index in [-0.39, 0.29) is 24.4 Å². The fourth-order valence-corrected chi connectivity index (χ4v) is 5.15. The van der Waals surface area contributed by atoms with Gasteiger partial charge in [0.1, 0.15) is 0 Å². The van der Waals surface area contributed by atoms with Crippen LogP contribution >= 0.6 is 0 Å². The van der Waals surface area contributed by atoms with Crippen LogP contribution < -0.4 is 0 Å². The summed E-state index contributed by atoms with van der Waals surface area (Å²) >= 11 is 0. The maximum absolute atomic E-state index is 12.7. The zero-order valence-electron chi connectivity index (χ0n) is 15.9. The van der Waals surface area contributed by atoms with Gasteiger partial charge in [-0.1, -0.05) is 66.2 Å². The first-order valence-electron chi connectivity index (χ1n) is 9.87. The molecule has 144 valence electrons. The molecule has 0 heterocycles. The molecule has 2 saturated carbocycles. The number of hydrogen-bond donors (Lipinski definition) is 1. The van der Waals surface area contributed by atoms with Crippen LogP contribution in [0.1, 0.15) is 30.9 Å². The van der Waals surface area contributed by atoms with Gasteiger partial charge in [0.15, 0.2) is 0 Å². The Balaban J connectivity index is 1.92. The molecule has 0 radical (unpaired) electrons. The van der Waals surface area contributed by atoms with Crippen LogP contribution in [-0.2, 0) is 14.3 Å². The zero-order chi connectivity index (χ0) is 19.7. The molecule has 2 aliphatic carbocycles. The quantitative estimate of drug-likeness (QED) is 0.785. The minimum absolute atomic E-state index is 0.0828. The molecule has 2 fully saturated rings. The van der Waals surface area contributed by atoms with Gasteiger partial charge in [-0.2, -0.15) is 0 Å². The second-order valence-corrected chi connectivity index (χ2v) is 7.49. The maximum atomic E-state index is 12.7. The lowest BCUT2D eigenvalue weighted by Gasteiger charge is -2.25. The Morgan fingerprint density at radius 2 is 1.39 bits per heavy atom. The Labute approximate surface area is 164 Å². The molecule has 0 aliphatic heterocycles. The highest BCUT2D eigenvalue weighted by molar-refractivity contribution is 5.89. The lowest BCUT2D eigenvalue weighted by Crippen LogP contribution is -2.35. The molecule has 2 bridgehead atoms. The Hall–Kier alpha value is -2.88. The highest BCUT2D eigenvalue weighted by Gasteiger charge is 2.58. The number of esters is 1. The summed E-state index contributed by atoms with van der Waals surface area (Å²) in [7, 11) is 0. The molecule has 4 nitrogen and oxygen atoms in total. The molecule has 1 N–H and O–H groups in total. The van der Waals surface area contributed by atoms with Gasteiger partial charge in [-0.05, 0) is 48.3 Å². The molecule has 2 aliphatic rings. The predicted molar refractivity (Wildman–Crippen MR) is 106 cm³/mol. The smallest absolute Gasteiger partial charge is 0.310 e. The molecule has 2 aromatic rings. The van der Waals surface area contributed by atoms with Crippen molar-refractivity contribution in [1.29, 1.82) is 0 Å². The zero-order valence-corrected chi connectivity index (χ0v) is 15.9. The van der Waals surface area contributed by atoms with E-state index in [1.807, 2.05) is 36.4 Å². The predicted octanol–water partition coefficient (Wildman–Crippen LogP) is 4.41. The number of benzene rings is 2. The average molecular weight is 376 g/mol. The minimum Gasteiger partial charge on any atom is -0.481 e. The van der Waals surface area contributed by atoms with Gasteiger partial charge in [0.05, 0.1) is 18.4 Å². The van der Waals surface area contributed by atoms with Crippen molar-refractivity contribution in [1.82, 2.24) is 0 Å². The largest absolute Gasteiger partial charge is 0.481 e. The monoisotopic (exact) mass is 376 g/mol. The maximum Gasteiger partial charge on any atom is 0.310 e. The Morgan fingerprint density at radius 1 is 0.893 bits per heavy atom. The Bertz CT molecular complexity index is 859. The third-order valence-corrected chi connectivity index (χ3v) is 6.10. The summed E-state index contributed by atoms with van der Waals surface area (Å²) in [6, 6.07) is 20.2. The van der Waals surface area contributed by atoms with E-state index < -0.39 is 17.8 Å². The first-order valence-corrected chi connectivity index (χ1v) is 9.87. The highest BCUT2D eigenvalue weighted by atomic mass is 16.5. The number of fused-ring (bicyclic) bond motifs is 2. The standard InChI is InChI=1S/C24H24O4/c1-2-28-24(27)22-18-14-13-17(21(22)23(25)26)20(18)19(15-9-5-3-6-10-15)16-11-7-4-8-12-16/h3-12,17-18,21-22H,2,13-14H2,1H3,(H,25,26)/t17-,18+,21+,22-/m1/s1. The van der Waals surface area contributed by atoms with E-state index in [0.29, 0.717) is 0 Å². The first kappa shape index (κ1) is 18.5. The molecule has 4 atom stereocenters. The summed E-state index contributed by atoms with van der Waals surface area (Å²) in [4.78, 5) is 24.8. The van der Waals surface area contributed by atoms with E-state index >= 15 is 0 Å². The van der Waals surface area contributed by atoms with Gasteiger partial charge in [0, 0.05) is 0 Å². The van der Waals surface area contributed by atoms with Crippen molar-refractivity contribution in [2.75, 3.05) is 6.61 Å². The number of hydrogen-bond acceptors (Lipinski definition) is 3. The molecule has 0 spiro atoms. The Morgan fingerprint density at radius 3 is 1.86 bits per heavy atom. The number of carbonyl (C=O) groups excluding carboxylic acids is 1. The number of carbonyl (C=O) groups is 2. The van der Waals surface area contributed by atoms with Crippen molar-refractivity contribution in [3.8, 4) is 0 Å². The van der Waals surface area contributed by atoms with Crippen LogP contribution in [-0.4, -0.2) is 23.7 Å². The second-order valence-electron chi connectivity index (χ2n) is 7.49. The van der Waals surface area contributed by atoms with Gasteiger partial charge >= 0.3 is 11.9 Å². The molecular weight excluding hydrogens is 352 g/mol. The first-order chi connectivity index (χ1) is 13.6. The fourth-order valence-electron chi connectivity index (χ4n) is 5.15. The van der Waals surface area contributed by atoms with Crippen molar-refractivity contribution < 1.29 is 19.4 Å². The number of aliphatic carboxylic acids is 1. The number of allylic oxidation sites excluding steroid dienone is 1. The van der Waals surface area contributed by atoms with Gasteiger partial charge in [-0.15, -0.1) is 0 Å². The molecular formula is C24H24O4. The minimum atomic E-state index is -0.900. The van der Waals surface area contributed by atoms with Gasteiger partial charge < -0.3 is 9.84 Å². The third-order valence-electron chi connectivity index (χ3n) is 6.10. The van der Waals surface area contributed by atoms with Gasteiger partial charge in [0.2, 0.25) is 0 Å². The molecule has 4 rings (SSSR count). The van der Waals surface area contributed by atoms with E-state index in [1.54, 1.807) is 6.92 Å². The molecule has 0 amide bonds. The summed E-state index contributed by atoms with van der Waals surface area (Å²) in [6.07, 6.45) is 1.63. The third kappa shape index (κ3) is 3.03. The Kier molecular flexibility index (Phi) is 5.03. The van der Waals surface area contributed by atoms with E-state index in [2.05, 4.69) is 24.3 Å². The number of ether oxygens (including phenoxy) is 1. The van der Waals surface area contributed by atoms with Crippen LogP contribution in [0.5, 0.6) is 0 Å². The van der Waals surface area contributed by atoms with E-state index in [4.69, 9.17) is 4.74 Å².